The number of benzene rings is 2. The summed E-state index contributed by atoms with van der Waals surface area (Å²) in [5.74, 6) is 0.474. The van der Waals surface area contributed by atoms with E-state index in [-0.39, 0.29) is 18.0 Å². The van der Waals surface area contributed by atoms with Gasteiger partial charge in [-0.2, -0.15) is 0 Å². The number of aromatic nitrogens is 2. The summed E-state index contributed by atoms with van der Waals surface area (Å²) in [7, 11) is 1.60. The Kier molecular flexibility index (Phi) is 6.91. The standard InChI is InChI=1S/C30H31N5O2S/c1-30(2,3)28(36)32-23-14-13-22(18-25(23)37-4)35-27(26(33-29(35)38)24-12-8-9-16-31-24)20-15-17-34(19-20)21-10-6-5-7-11-21/h5-19,26-27H,1-4H3,(H,32,36)(H,33,38)/t26-,27+/m1/s1. The maximum atomic E-state index is 12.6. The van der Waals surface area contributed by atoms with Gasteiger partial charge in [0.05, 0.1) is 30.6 Å². The Hall–Kier alpha value is -4.17. The first-order chi connectivity index (χ1) is 18.3. The summed E-state index contributed by atoms with van der Waals surface area (Å²) in [6.07, 6.45) is 5.99. The van der Waals surface area contributed by atoms with E-state index in [1.807, 2.05) is 75.4 Å². The van der Waals surface area contributed by atoms with E-state index in [0.717, 1.165) is 22.6 Å². The Morgan fingerprint density at radius 2 is 1.79 bits per heavy atom. The van der Waals surface area contributed by atoms with Gasteiger partial charge in [-0.1, -0.05) is 45.0 Å². The van der Waals surface area contributed by atoms with Crippen molar-refractivity contribution in [2.24, 2.45) is 5.41 Å². The molecule has 0 saturated carbocycles. The number of nitrogens with zero attached hydrogens (tertiary/aromatic N) is 3. The molecular weight excluding hydrogens is 494 g/mol. The third-order valence-corrected chi connectivity index (χ3v) is 6.92. The Morgan fingerprint density at radius 3 is 2.47 bits per heavy atom. The van der Waals surface area contributed by atoms with Crippen LogP contribution in [0.3, 0.4) is 0 Å². The molecule has 194 valence electrons. The Bertz CT molecular complexity index is 1450. The summed E-state index contributed by atoms with van der Waals surface area (Å²) in [6, 6.07) is 23.6. The van der Waals surface area contributed by atoms with Gasteiger partial charge in [0, 0.05) is 41.4 Å². The van der Waals surface area contributed by atoms with Crippen LogP contribution in [0.5, 0.6) is 5.75 Å². The second kappa shape index (κ2) is 10.3. The molecule has 1 aliphatic heterocycles. The van der Waals surface area contributed by atoms with Gasteiger partial charge >= 0.3 is 0 Å². The van der Waals surface area contributed by atoms with E-state index in [9.17, 15) is 4.79 Å². The molecule has 0 spiro atoms. The Morgan fingerprint density at radius 1 is 1.03 bits per heavy atom. The van der Waals surface area contributed by atoms with Gasteiger partial charge in [-0.3, -0.25) is 9.78 Å². The maximum absolute atomic E-state index is 12.6. The number of anilines is 2. The second-order valence-electron chi connectivity index (χ2n) is 10.3. The van der Waals surface area contributed by atoms with Crippen molar-refractivity contribution in [1.29, 1.82) is 0 Å². The molecule has 8 heteroatoms. The molecule has 4 aromatic rings. The number of carbonyl (C=O) groups excluding carboxylic acids is 1. The highest BCUT2D eigenvalue weighted by atomic mass is 32.1. The van der Waals surface area contributed by atoms with Crippen LogP contribution in [0.15, 0.2) is 91.4 Å². The van der Waals surface area contributed by atoms with Gasteiger partial charge < -0.3 is 24.8 Å². The minimum absolute atomic E-state index is 0.0859. The molecule has 0 radical (unpaired) electrons. The molecule has 0 unspecified atom stereocenters. The quantitative estimate of drug-likeness (QED) is 0.299. The number of carbonyl (C=O) groups is 1. The third-order valence-electron chi connectivity index (χ3n) is 6.60. The molecule has 5 rings (SSSR count). The predicted octanol–water partition coefficient (Wildman–Crippen LogP) is 6.04. The lowest BCUT2D eigenvalue weighted by atomic mass is 9.95. The van der Waals surface area contributed by atoms with Crippen LogP contribution in [0.1, 0.15) is 44.1 Å². The Balaban J connectivity index is 1.56. The highest BCUT2D eigenvalue weighted by molar-refractivity contribution is 7.80. The molecule has 1 aliphatic rings. The SMILES string of the molecule is COc1cc(N2C(=S)N[C@H](c3ccccn3)[C@@H]2c2ccn(-c3ccccc3)c2)ccc1NC(=O)C(C)(C)C. The van der Waals surface area contributed by atoms with Crippen LogP contribution in [0.25, 0.3) is 5.69 Å². The van der Waals surface area contributed by atoms with E-state index in [1.54, 1.807) is 13.3 Å². The van der Waals surface area contributed by atoms with Gasteiger partial charge in [0.2, 0.25) is 5.91 Å². The number of hydrogen-bond acceptors (Lipinski definition) is 4. The van der Waals surface area contributed by atoms with Gasteiger partial charge in [0.1, 0.15) is 5.75 Å². The molecule has 38 heavy (non-hydrogen) atoms. The van der Waals surface area contributed by atoms with Crippen molar-refractivity contribution in [2.45, 2.75) is 32.9 Å². The number of nitrogens with one attached hydrogen (secondary N) is 2. The van der Waals surface area contributed by atoms with Crippen molar-refractivity contribution >= 4 is 34.6 Å². The highest BCUT2D eigenvalue weighted by Crippen LogP contribution is 2.43. The lowest BCUT2D eigenvalue weighted by Gasteiger charge is -2.28. The maximum Gasteiger partial charge on any atom is 0.229 e. The van der Waals surface area contributed by atoms with Crippen LogP contribution >= 0.6 is 12.2 Å². The van der Waals surface area contributed by atoms with E-state index in [0.29, 0.717) is 16.5 Å². The fraction of sp³-hybridized carbons (Fsp3) is 0.233. The van der Waals surface area contributed by atoms with Crippen LogP contribution in [0, 0.1) is 5.41 Å². The zero-order valence-electron chi connectivity index (χ0n) is 21.9. The number of para-hydroxylation sites is 1. The lowest BCUT2D eigenvalue weighted by molar-refractivity contribution is -0.123. The van der Waals surface area contributed by atoms with Crippen LogP contribution in [-0.2, 0) is 4.79 Å². The van der Waals surface area contributed by atoms with E-state index in [2.05, 4.69) is 55.7 Å². The first-order valence-electron chi connectivity index (χ1n) is 12.5. The molecule has 3 heterocycles. The average Bonchev–Trinajstić information content (AvgIpc) is 3.54. The highest BCUT2D eigenvalue weighted by Gasteiger charge is 2.41. The zero-order chi connectivity index (χ0) is 26.9. The van der Waals surface area contributed by atoms with E-state index in [4.69, 9.17) is 17.0 Å². The molecule has 0 aliphatic carbocycles. The molecule has 0 bridgehead atoms. The van der Waals surface area contributed by atoms with Gasteiger partial charge in [0.15, 0.2) is 5.11 Å². The number of ether oxygens (including phenoxy) is 1. The number of methoxy groups -OCH3 is 1. The fourth-order valence-electron chi connectivity index (χ4n) is 4.56. The minimum atomic E-state index is -0.531. The van der Waals surface area contributed by atoms with Crippen molar-refractivity contribution < 1.29 is 9.53 Å². The van der Waals surface area contributed by atoms with Crippen LogP contribution in [-0.4, -0.2) is 27.7 Å². The summed E-state index contributed by atoms with van der Waals surface area (Å²) >= 11 is 5.88. The normalized spacial score (nSPS) is 17.3. The third kappa shape index (κ3) is 4.99. The molecule has 1 fully saturated rings. The zero-order valence-corrected chi connectivity index (χ0v) is 22.7. The largest absolute Gasteiger partial charge is 0.494 e. The lowest BCUT2D eigenvalue weighted by Crippen LogP contribution is -2.30. The first-order valence-corrected chi connectivity index (χ1v) is 12.9. The van der Waals surface area contributed by atoms with Crippen molar-refractivity contribution in [3.63, 3.8) is 0 Å². The van der Waals surface area contributed by atoms with E-state index < -0.39 is 5.41 Å². The van der Waals surface area contributed by atoms with Gasteiger partial charge in [-0.05, 0) is 60.2 Å². The number of amides is 1. The number of hydrogen-bond donors (Lipinski definition) is 2. The minimum Gasteiger partial charge on any atom is -0.494 e. The number of thiocarbonyl (C=S) groups is 1. The first kappa shape index (κ1) is 25.5. The molecular formula is C30H31N5O2S. The van der Waals surface area contributed by atoms with Gasteiger partial charge in [-0.25, -0.2) is 0 Å². The Labute approximate surface area is 228 Å². The summed E-state index contributed by atoms with van der Waals surface area (Å²) in [6.45, 7) is 5.63. The molecule has 2 aromatic heterocycles. The monoisotopic (exact) mass is 525 g/mol. The number of rotatable bonds is 6. The average molecular weight is 526 g/mol. The topological polar surface area (TPSA) is 71.4 Å². The predicted molar refractivity (Wildman–Crippen MR) is 155 cm³/mol. The van der Waals surface area contributed by atoms with E-state index >= 15 is 0 Å². The molecule has 2 aromatic carbocycles. The summed E-state index contributed by atoms with van der Waals surface area (Å²) in [5.41, 5.74) is 3.99. The van der Waals surface area contributed by atoms with Gasteiger partial charge in [-0.15, -0.1) is 0 Å². The van der Waals surface area contributed by atoms with E-state index in [1.165, 1.54) is 0 Å². The van der Waals surface area contributed by atoms with Crippen molar-refractivity contribution in [1.82, 2.24) is 14.9 Å². The second-order valence-corrected chi connectivity index (χ2v) is 10.7. The van der Waals surface area contributed by atoms with Gasteiger partial charge in [0.25, 0.3) is 0 Å². The molecule has 1 saturated heterocycles. The van der Waals surface area contributed by atoms with Crippen LogP contribution in [0.2, 0.25) is 0 Å². The van der Waals surface area contributed by atoms with Crippen LogP contribution in [0.4, 0.5) is 11.4 Å². The fourth-order valence-corrected chi connectivity index (χ4v) is 4.91. The van der Waals surface area contributed by atoms with Crippen molar-refractivity contribution in [2.75, 3.05) is 17.3 Å². The van der Waals surface area contributed by atoms with Crippen molar-refractivity contribution in [3.05, 3.63) is 103 Å². The summed E-state index contributed by atoms with van der Waals surface area (Å²) in [4.78, 5) is 19.4. The molecule has 2 N–H and O–H groups in total. The smallest absolute Gasteiger partial charge is 0.229 e. The molecule has 2 atom stereocenters. The summed E-state index contributed by atoms with van der Waals surface area (Å²) in [5, 5.41) is 7.07. The van der Waals surface area contributed by atoms with Crippen LogP contribution < -0.4 is 20.3 Å². The summed E-state index contributed by atoms with van der Waals surface area (Å²) < 4.78 is 7.79. The molecule has 1 amide bonds. The number of pyridine rings is 1. The van der Waals surface area contributed by atoms with Crippen molar-refractivity contribution in [3.8, 4) is 11.4 Å². The molecule has 7 nitrogen and oxygen atoms in total.